The SMILES string of the molecule is CN=C(NCCCCn1ccnc1C)NC(C)c1cc2ccccc2o1. The molecule has 138 valence electrons. The third-order valence-corrected chi connectivity index (χ3v) is 4.49. The van der Waals surface area contributed by atoms with Gasteiger partial charge in [-0.05, 0) is 38.8 Å². The zero-order valence-electron chi connectivity index (χ0n) is 15.7. The van der Waals surface area contributed by atoms with Gasteiger partial charge in [0, 0.05) is 37.9 Å². The molecule has 0 aliphatic heterocycles. The van der Waals surface area contributed by atoms with Crippen LogP contribution < -0.4 is 10.6 Å². The first-order valence-electron chi connectivity index (χ1n) is 9.11. The van der Waals surface area contributed by atoms with Crippen LogP contribution in [0, 0.1) is 6.92 Å². The number of aryl methyl sites for hydroxylation is 2. The molecular weight excluding hydrogens is 326 g/mol. The Kier molecular flexibility index (Phi) is 5.94. The van der Waals surface area contributed by atoms with Crippen molar-refractivity contribution in [3.63, 3.8) is 0 Å². The maximum absolute atomic E-state index is 5.92. The molecule has 3 aromatic rings. The number of imidazole rings is 1. The molecule has 0 spiro atoms. The van der Waals surface area contributed by atoms with Crippen molar-refractivity contribution < 1.29 is 4.42 Å². The molecule has 1 atom stereocenters. The van der Waals surface area contributed by atoms with E-state index >= 15 is 0 Å². The van der Waals surface area contributed by atoms with Gasteiger partial charge in [0.05, 0.1) is 6.04 Å². The molecular formula is C20H27N5O. The maximum atomic E-state index is 5.92. The van der Waals surface area contributed by atoms with Crippen molar-refractivity contribution in [3.8, 4) is 0 Å². The fourth-order valence-electron chi connectivity index (χ4n) is 2.94. The normalized spacial score (nSPS) is 13.1. The number of aromatic nitrogens is 2. The van der Waals surface area contributed by atoms with Gasteiger partial charge in [0.15, 0.2) is 5.96 Å². The van der Waals surface area contributed by atoms with Crippen molar-refractivity contribution in [1.29, 1.82) is 0 Å². The number of para-hydroxylation sites is 1. The minimum absolute atomic E-state index is 0.0437. The van der Waals surface area contributed by atoms with Crippen LogP contribution in [0.5, 0.6) is 0 Å². The maximum Gasteiger partial charge on any atom is 0.191 e. The Labute approximate surface area is 154 Å². The Morgan fingerprint density at radius 3 is 2.88 bits per heavy atom. The summed E-state index contributed by atoms with van der Waals surface area (Å²) in [7, 11) is 1.79. The van der Waals surface area contributed by atoms with Crippen molar-refractivity contribution in [2.45, 2.75) is 39.3 Å². The Morgan fingerprint density at radius 1 is 1.31 bits per heavy atom. The second kappa shape index (κ2) is 8.56. The van der Waals surface area contributed by atoms with Gasteiger partial charge >= 0.3 is 0 Å². The molecule has 0 aliphatic carbocycles. The van der Waals surface area contributed by atoms with Gasteiger partial charge in [0.2, 0.25) is 0 Å². The summed E-state index contributed by atoms with van der Waals surface area (Å²) in [5.41, 5.74) is 0.911. The molecule has 6 nitrogen and oxygen atoms in total. The fraction of sp³-hybridized carbons (Fsp3) is 0.400. The van der Waals surface area contributed by atoms with E-state index in [2.05, 4.69) is 44.2 Å². The van der Waals surface area contributed by atoms with Crippen molar-refractivity contribution in [2.75, 3.05) is 13.6 Å². The summed E-state index contributed by atoms with van der Waals surface area (Å²) >= 11 is 0. The van der Waals surface area contributed by atoms with Crippen LogP contribution in [0.2, 0.25) is 0 Å². The second-order valence-electron chi connectivity index (χ2n) is 6.43. The Morgan fingerprint density at radius 2 is 2.15 bits per heavy atom. The largest absolute Gasteiger partial charge is 0.459 e. The average Bonchev–Trinajstić information content (AvgIpc) is 3.26. The number of aliphatic imine (C=N–C) groups is 1. The molecule has 26 heavy (non-hydrogen) atoms. The molecule has 2 heterocycles. The predicted molar refractivity (Wildman–Crippen MR) is 105 cm³/mol. The summed E-state index contributed by atoms with van der Waals surface area (Å²) in [4.78, 5) is 8.55. The fourth-order valence-corrected chi connectivity index (χ4v) is 2.94. The van der Waals surface area contributed by atoms with Crippen LogP contribution in [0.1, 0.15) is 37.4 Å². The highest BCUT2D eigenvalue weighted by molar-refractivity contribution is 5.81. The third-order valence-electron chi connectivity index (χ3n) is 4.49. The molecule has 6 heteroatoms. The lowest BCUT2D eigenvalue weighted by Gasteiger charge is -2.16. The van der Waals surface area contributed by atoms with Crippen LogP contribution in [-0.4, -0.2) is 29.1 Å². The van der Waals surface area contributed by atoms with Crippen molar-refractivity contribution in [3.05, 3.63) is 54.3 Å². The molecule has 0 bridgehead atoms. The standard InChI is InChI=1S/C20H27N5O/c1-15(19-14-17-8-4-5-9-18(17)26-19)24-20(21-3)23-10-6-7-12-25-13-11-22-16(25)2/h4-5,8-9,11,13-15H,6-7,10,12H2,1-3H3,(H2,21,23,24). The van der Waals surface area contributed by atoms with E-state index in [1.165, 1.54) is 0 Å². The second-order valence-corrected chi connectivity index (χ2v) is 6.43. The van der Waals surface area contributed by atoms with E-state index in [1.54, 1.807) is 7.05 Å². The Balaban J connectivity index is 1.44. The van der Waals surface area contributed by atoms with Gasteiger partial charge in [0.25, 0.3) is 0 Å². The average molecular weight is 353 g/mol. The molecule has 0 radical (unpaired) electrons. The first-order valence-corrected chi connectivity index (χ1v) is 9.11. The molecule has 0 saturated heterocycles. The van der Waals surface area contributed by atoms with E-state index in [1.807, 2.05) is 37.5 Å². The molecule has 0 fully saturated rings. The van der Waals surface area contributed by atoms with Crippen molar-refractivity contribution in [1.82, 2.24) is 20.2 Å². The number of rotatable bonds is 7. The van der Waals surface area contributed by atoms with Crippen LogP contribution >= 0.6 is 0 Å². The van der Waals surface area contributed by atoms with Gasteiger partial charge in [-0.1, -0.05) is 18.2 Å². The summed E-state index contributed by atoms with van der Waals surface area (Å²) in [6, 6.07) is 10.2. The zero-order valence-corrected chi connectivity index (χ0v) is 15.7. The number of guanidine groups is 1. The molecule has 0 amide bonds. The number of unbranched alkanes of at least 4 members (excludes halogenated alkanes) is 1. The van der Waals surface area contributed by atoms with Gasteiger partial charge in [-0.2, -0.15) is 0 Å². The van der Waals surface area contributed by atoms with Crippen LogP contribution in [0.4, 0.5) is 0 Å². The highest BCUT2D eigenvalue weighted by Gasteiger charge is 2.12. The minimum atomic E-state index is 0.0437. The van der Waals surface area contributed by atoms with E-state index in [-0.39, 0.29) is 6.04 Å². The summed E-state index contributed by atoms with van der Waals surface area (Å²) in [6.45, 7) is 5.98. The van der Waals surface area contributed by atoms with Crippen LogP contribution in [-0.2, 0) is 6.54 Å². The summed E-state index contributed by atoms with van der Waals surface area (Å²) < 4.78 is 8.09. The van der Waals surface area contributed by atoms with Crippen LogP contribution in [0.15, 0.2) is 52.1 Å². The monoisotopic (exact) mass is 353 g/mol. The first kappa shape index (κ1) is 18.0. The number of nitrogens with one attached hydrogen (secondary N) is 2. The lowest BCUT2D eigenvalue weighted by atomic mass is 10.2. The molecule has 0 aliphatic rings. The van der Waals surface area contributed by atoms with E-state index in [4.69, 9.17) is 4.42 Å². The number of benzene rings is 1. The smallest absolute Gasteiger partial charge is 0.191 e. The zero-order chi connectivity index (χ0) is 18.4. The predicted octanol–water partition coefficient (Wildman–Crippen LogP) is 3.64. The molecule has 1 aromatic carbocycles. The summed E-state index contributed by atoms with van der Waals surface area (Å²) in [5, 5.41) is 7.88. The van der Waals surface area contributed by atoms with Gasteiger partial charge in [-0.25, -0.2) is 4.98 Å². The van der Waals surface area contributed by atoms with Crippen LogP contribution in [0.3, 0.4) is 0 Å². The topological polar surface area (TPSA) is 67.4 Å². The highest BCUT2D eigenvalue weighted by atomic mass is 16.3. The van der Waals surface area contributed by atoms with E-state index in [0.717, 1.165) is 54.4 Å². The lowest BCUT2D eigenvalue weighted by Crippen LogP contribution is -2.39. The molecule has 0 saturated carbocycles. The van der Waals surface area contributed by atoms with Crippen molar-refractivity contribution >= 4 is 16.9 Å². The molecule has 2 aromatic heterocycles. The highest BCUT2D eigenvalue weighted by Crippen LogP contribution is 2.23. The molecule has 1 unspecified atom stereocenters. The van der Waals surface area contributed by atoms with Gasteiger partial charge in [-0.15, -0.1) is 0 Å². The third kappa shape index (κ3) is 4.45. The lowest BCUT2D eigenvalue weighted by molar-refractivity contribution is 0.487. The first-order chi connectivity index (χ1) is 12.7. The number of nitrogens with zero attached hydrogens (tertiary/aromatic N) is 3. The number of furan rings is 1. The number of hydrogen-bond acceptors (Lipinski definition) is 3. The Hall–Kier alpha value is -2.76. The summed E-state index contributed by atoms with van der Waals surface area (Å²) in [5.74, 6) is 2.76. The summed E-state index contributed by atoms with van der Waals surface area (Å²) in [6.07, 6.45) is 6.04. The van der Waals surface area contributed by atoms with Crippen LogP contribution in [0.25, 0.3) is 11.0 Å². The number of hydrogen-bond donors (Lipinski definition) is 2. The number of fused-ring (bicyclic) bond motifs is 1. The minimum Gasteiger partial charge on any atom is -0.459 e. The Bertz CT molecular complexity index is 831. The van der Waals surface area contributed by atoms with E-state index < -0.39 is 0 Å². The van der Waals surface area contributed by atoms with E-state index in [0.29, 0.717) is 0 Å². The quantitative estimate of drug-likeness (QED) is 0.387. The van der Waals surface area contributed by atoms with Gasteiger partial charge in [-0.3, -0.25) is 4.99 Å². The van der Waals surface area contributed by atoms with Gasteiger partial charge < -0.3 is 19.6 Å². The van der Waals surface area contributed by atoms with E-state index in [9.17, 15) is 0 Å². The van der Waals surface area contributed by atoms with Crippen molar-refractivity contribution in [2.24, 2.45) is 4.99 Å². The van der Waals surface area contributed by atoms with Gasteiger partial charge in [0.1, 0.15) is 17.2 Å². The molecule has 3 rings (SSSR count). The molecule has 2 N–H and O–H groups in total.